The van der Waals surface area contributed by atoms with Crippen LogP contribution in [-0.2, 0) is 0 Å². The van der Waals surface area contributed by atoms with E-state index >= 15 is 0 Å². The number of aromatic nitrogens is 3. The van der Waals surface area contributed by atoms with Crippen LogP contribution < -0.4 is 10.6 Å². The largest absolute Gasteiger partial charge is 0.388 e. The summed E-state index contributed by atoms with van der Waals surface area (Å²) in [5, 5.41) is 24.1. The van der Waals surface area contributed by atoms with Crippen molar-refractivity contribution in [3.8, 4) is 5.69 Å². The Labute approximate surface area is 148 Å². The molecule has 0 spiro atoms. The number of nitrogens with one attached hydrogen (secondary N) is 2. The Morgan fingerprint density at radius 3 is 2.64 bits per heavy atom. The molecule has 136 valence electrons. The molecule has 2 amide bonds. The second-order valence-electron chi connectivity index (χ2n) is 6.64. The summed E-state index contributed by atoms with van der Waals surface area (Å²) in [4.78, 5) is 12.1. The number of rotatable bonds is 7. The standard InChI is InChI=1S/C18H27N5O2/c1-5-13(2)18(4,25)12-19-17(24)20-14(3)16-11-23(22-21-16)15-9-7-6-8-10-15/h6-11,13-14,25H,5,12H2,1-4H3,(H2,19,20,24). The molecule has 0 aliphatic carbocycles. The molecule has 3 atom stereocenters. The highest BCUT2D eigenvalue weighted by molar-refractivity contribution is 5.74. The summed E-state index contributed by atoms with van der Waals surface area (Å²) in [5.74, 6) is 0.0935. The fourth-order valence-corrected chi connectivity index (χ4v) is 2.38. The fourth-order valence-electron chi connectivity index (χ4n) is 2.38. The average Bonchev–Trinajstić information content (AvgIpc) is 3.10. The summed E-state index contributed by atoms with van der Waals surface area (Å²) in [6, 6.07) is 9.01. The van der Waals surface area contributed by atoms with Gasteiger partial charge in [-0.1, -0.05) is 43.7 Å². The van der Waals surface area contributed by atoms with Gasteiger partial charge in [0.2, 0.25) is 0 Å². The van der Waals surface area contributed by atoms with Crippen molar-refractivity contribution in [2.45, 2.75) is 45.8 Å². The normalized spacial score (nSPS) is 15.9. The topological polar surface area (TPSA) is 92.1 Å². The van der Waals surface area contributed by atoms with Gasteiger partial charge in [0.25, 0.3) is 0 Å². The lowest BCUT2D eigenvalue weighted by molar-refractivity contribution is 0.00784. The van der Waals surface area contributed by atoms with Crippen molar-refractivity contribution in [3.05, 3.63) is 42.2 Å². The molecule has 3 N–H and O–H groups in total. The molecule has 0 aliphatic rings. The van der Waals surface area contributed by atoms with Crippen LogP contribution >= 0.6 is 0 Å². The molecular weight excluding hydrogens is 318 g/mol. The first kappa shape index (κ1) is 18.9. The smallest absolute Gasteiger partial charge is 0.315 e. The van der Waals surface area contributed by atoms with E-state index in [9.17, 15) is 9.90 Å². The number of hydrogen-bond acceptors (Lipinski definition) is 4. The quantitative estimate of drug-likeness (QED) is 0.718. The predicted molar refractivity (Wildman–Crippen MR) is 96.4 cm³/mol. The molecule has 25 heavy (non-hydrogen) atoms. The van der Waals surface area contributed by atoms with Crippen molar-refractivity contribution in [2.24, 2.45) is 5.92 Å². The van der Waals surface area contributed by atoms with Gasteiger partial charge in [-0.15, -0.1) is 5.10 Å². The molecule has 1 aromatic heterocycles. The number of nitrogens with zero attached hydrogens (tertiary/aromatic N) is 3. The van der Waals surface area contributed by atoms with Crippen LogP contribution in [-0.4, -0.2) is 38.3 Å². The van der Waals surface area contributed by atoms with Crippen LogP contribution in [0, 0.1) is 5.92 Å². The van der Waals surface area contributed by atoms with Gasteiger partial charge < -0.3 is 15.7 Å². The maximum atomic E-state index is 12.1. The van der Waals surface area contributed by atoms with Crippen molar-refractivity contribution in [3.63, 3.8) is 0 Å². The molecule has 0 radical (unpaired) electrons. The minimum absolute atomic E-state index is 0.0935. The lowest BCUT2D eigenvalue weighted by Crippen LogP contribution is -2.48. The lowest BCUT2D eigenvalue weighted by Gasteiger charge is -2.30. The third-order valence-electron chi connectivity index (χ3n) is 4.60. The summed E-state index contributed by atoms with van der Waals surface area (Å²) in [6.45, 7) is 7.74. The Kier molecular flexibility index (Phi) is 6.14. The third-order valence-corrected chi connectivity index (χ3v) is 4.60. The third kappa shape index (κ3) is 5.03. The van der Waals surface area contributed by atoms with Gasteiger partial charge in [-0.2, -0.15) is 0 Å². The van der Waals surface area contributed by atoms with E-state index in [1.54, 1.807) is 17.8 Å². The molecule has 1 heterocycles. The molecule has 0 saturated carbocycles. The van der Waals surface area contributed by atoms with Crippen LogP contribution in [0.4, 0.5) is 4.79 Å². The zero-order valence-corrected chi connectivity index (χ0v) is 15.2. The minimum Gasteiger partial charge on any atom is -0.388 e. The van der Waals surface area contributed by atoms with Crippen LogP contribution in [0.2, 0.25) is 0 Å². The Bertz CT molecular complexity index is 684. The minimum atomic E-state index is -0.939. The van der Waals surface area contributed by atoms with Crippen LogP contribution in [0.1, 0.15) is 45.9 Å². The number of hydrogen-bond donors (Lipinski definition) is 3. The van der Waals surface area contributed by atoms with Gasteiger partial charge in [0.15, 0.2) is 0 Å². The monoisotopic (exact) mass is 345 g/mol. The number of carbonyl (C=O) groups excluding carboxylic acids is 1. The fraction of sp³-hybridized carbons (Fsp3) is 0.500. The Balaban J connectivity index is 1.90. The number of para-hydroxylation sites is 1. The zero-order chi connectivity index (χ0) is 18.4. The Morgan fingerprint density at radius 2 is 2.00 bits per heavy atom. The molecule has 0 saturated heterocycles. The molecule has 0 bridgehead atoms. The zero-order valence-electron chi connectivity index (χ0n) is 15.2. The number of aliphatic hydroxyl groups is 1. The van der Waals surface area contributed by atoms with Crippen LogP contribution in [0.15, 0.2) is 36.5 Å². The van der Waals surface area contributed by atoms with E-state index in [4.69, 9.17) is 0 Å². The Morgan fingerprint density at radius 1 is 1.32 bits per heavy atom. The van der Waals surface area contributed by atoms with Crippen LogP contribution in [0.3, 0.4) is 0 Å². The van der Waals surface area contributed by atoms with E-state index in [0.717, 1.165) is 12.1 Å². The molecule has 7 heteroatoms. The molecule has 2 rings (SSSR count). The van der Waals surface area contributed by atoms with E-state index in [1.807, 2.05) is 51.1 Å². The predicted octanol–water partition coefficient (Wildman–Crippen LogP) is 2.42. The van der Waals surface area contributed by atoms with E-state index in [-0.39, 0.29) is 24.5 Å². The maximum Gasteiger partial charge on any atom is 0.315 e. The molecular formula is C18H27N5O2. The first-order chi connectivity index (χ1) is 11.8. The highest BCUT2D eigenvalue weighted by Gasteiger charge is 2.27. The molecule has 7 nitrogen and oxygen atoms in total. The Hall–Kier alpha value is -2.41. The van der Waals surface area contributed by atoms with Crippen molar-refractivity contribution < 1.29 is 9.90 Å². The molecule has 1 aromatic carbocycles. The summed E-state index contributed by atoms with van der Waals surface area (Å²) in [5.41, 5.74) is 0.626. The van der Waals surface area contributed by atoms with Gasteiger partial charge >= 0.3 is 6.03 Å². The van der Waals surface area contributed by atoms with Crippen LogP contribution in [0.5, 0.6) is 0 Å². The summed E-state index contributed by atoms with van der Waals surface area (Å²) in [6.07, 6.45) is 2.63. The van der Waals surface area contributed by atoms with E-state index in [1.165, 1.54) is 0 Å². The first-order valence-corrected chi connectivity index (χ1v) is 8.58. The number of amides is 2. The van der Waals surface area contributed by atoms with E-state index < -0.39 is 5.60 Å². The molecule has 0 fully saturated rings. The van der Waals surface area contributed by atoms with Crippen molar-refractivity contribution in [1.82, 2.24) is 25.6 Å². The van der Waals surface area contributed by atoms with Gasteiger partial charge in [0.05, 0.1) is 23.5 Å². The highest BCUT2D eigenvalue weighted by Crippen LogP contribution is 2.19. The molecule has 0 aliphatic heterocycles. The van der Waals surface area contributed by atoms with E-state index in [2.05, 4.69) is 20.9 Å². The van der Waals surface area contributed by atoms with Crippen molar-refractivity contribution in [2.75, 3.05) is 6.54 Å². The highest BCUT2D eigenvalue weighted by atomic mass is 16.3. The van der Waals surface area contributed by atoms with Gasteiger partial charge in [-0.3, -0.25) is 0 Å². The molecule has 2 aromatic rings. The summed E-state index contributed by atoms with van der Waals surface area (Å²) < 4.78 is 1.67. The lowest BCUT2D eigenvalue weighted by atomic mass is 9.89. The number of carbonyl (C=O) groups is 1. The molecule has 3 unspecified atom stereocenters. The van der Waals surface area contributed by atoms with Gasteiger partial charge in [-0.25, -0.2) is 9.48 Å². The number of urea groups is 1. The SMILES string of the molecule is CCC(C)C(C)(O)CNC(=O)NC(C)c1cn(-c2ccccc2)nn1. The summed E-state index contributed by atoms with van der Waals surface area (Å²) >= 11 is 0. The second kappa shape index (κ2) is 8.11. The first-order valence-electron chi connectivity index (χ1n) is 8.58. The maximum absolute atomic E-state index is 12.1. The van der Waals surface area contributed by atoms with E-state index in [0.29, 0.717) is 5.69 Å². The van der Waals surface area contributed by atoms with Crippen molar-refractivity contribution in [1.29, 1.82) is 0 Å². The number of benzene rings is 1. The second-order valence-corrected chi connectivity index (χ2v) is 6.64. The van der Waals surface area contributed by atoms with Gasteiger partial charge in [-0.05, 0) is 31.9 Å². The van der Waals surface area contributed by atoms with Gasteiger partial charge in [0, 0.05) is 6.54 Å². The average molecular weight is 345 g/mol. The summed E-state index contributed by atoms with van der Waals surface area (Å²) in [7, 11) is 0. The van der Waals surface area contributed by atoms with Crippen LogP contribution in [0.25, 0.3) is 5.69 Å². The van der Waals surface area contributed by atoms with Crippen molar-refractivity contribution >= 4 is 6.03 Å². The van der Waals surface area contributed by atoms with Gasteiger partial charge in [0.1, 0.15) is 5.69 Å².